The molecule has 1 aliphatic rings. The van der Waals surface area contributed by atoms with Gasteiger partial charge in [0.25, 0.3) is 0 Å². The number of anilines is 1. The molecule has 2 N–H and O–H groups in total. The number of benzene rings is 1. The van der Waals surface area contributed by atoms with Crippen LogP contribution in [0.4, 0.5) is 10.5 Å². The van der Waals surface area contributed by atoms with Crippen LogP contribution < -0.4 is 20.1 Å². The lowest BCUT2D eigenvalue weighted by molar-refractivity contribution is 0.232. The van der Waals surface area contributed by atoms with E-state index in [9.17, 15) is 4.79 Å². The Morgan fingerprint density at radius 2 is 2.18 bits per heavy atom. The van der Waals surface area contributed by atoms with Crippen LogP contribution in [0.15, 0.2) is 42.6 Å². The second-order valence-corrected chi connectivity index (χ2v) is 4.89. The minimum Gasteiger partial charge on any atom is -0.493 e. The molecule has 0 bridgehead atoms. The number of nitrogens with zero attached hydrogens (tertiary/aromatic N) is 1. The molecule has 114 valence electrons. The maximum atomic E-state index is 12.2. The van der Waals surface area contributed by atoms with Gasteiger partial charge in [-0.15, -0.1) is 0 Å². The Kier molecular flexibility index (Phi) is 4.09. The first-order chi connectivity index (χ1) is 10.8. The molecule has 1 aromatic heterocycles. The van der Waals surface area contributed by atoms with E-state index in [0.29, 0.717) is 18.2 Å². The predicted octanol–water partition coefficient (Wildman–Crippen LogP) is 2.74. The van der Waals surface area contributed by atoms with Crippen molar-refractivity contribution < 1.29 is 14.3 Å². The van der Waals surface area contributed by atoms with Crippen LogP contribution in [0.1, 0.15) is 18.0 Å². The van der Waals surface area contributed by atoms with Gasteiger partial charge in [0.05, 0.1) is 19.8 Å². The zero-order valence-corrected chi connectivity index (χ0v) is 12.2. The number of methoxy groups -OCH3 is 1. The molecule has 22 heavy (non-hydrogen) atoms. The van der Waals surface area contributed by atoms with Crippen molar-refractivity contribution in [1.29, 1.82) is 0 Å². The summed E-state index contributed by atoms with van der Waals surface area (Å²) in [6.07, 6.45) is 2.34. The number of hydrogen-bond donors (Lipinski definition) is 2. The summed E-state index contributed by atoms with van der Waals surface area (Å²) in [7, 11) is 1.51. The van der Waals surface area contributed by atoms with Gasteiger partial charge in [0.1, 0.15) is 11.4 Å². The van der Waals surface area contributed by atoms with Gasteiger partial charge in [-0.1, -0.05) is 18.2 Å². The number of rotatable bonds is 3. The van der Waals surface area contributed by atoms with Gasteiger partial charge < -0.3 is 20.1 Å². The molecule has 0 saturated heterocycles. The molecule has 2 heterocycles. The van der Waals surface area contributed by atoms with Crippen LogP contribution in [-0.2, 0) is 0 Å². The number of carbonyl (C=O) groups is 1. The summed E-state index contributed by atoms with van der Waals surface area (Å²) < 4.78 is 10.7. The van der Waals surface area contributed by atoms with Gasteiger partial charge in [-0.2, -0.15) is 0 Å². The third-order valence-corrected chi connectivity index (χ3v) is 3.48. The molecular formula is C16H17N3O3. The average Bonchev–Trinajstić information content (AvgIpc) is 2.55. The molecule has 0 saturated carbocycles. The smallest absolute Gasteiger partial charge is 0.319 e. The van der Waals surface area contributed by atoms with Gasteiger partial charge in [0.2, 0.25) is 5.88 Å². The van der Waals surface area contributed by atoms with E-state index in [1.165, 1.54) is 7.11 Å². The zero-order valence-electron chi connectivity index (χ0n) is 12.2. The van der Waals surface area contributed by atoms with E-state index in [1.807, 2.05) is 24.3 Å². The molecule has 6 heteroatoms. The van der Waals surface area contributed by atoms with Crippen molar-refractivity contribution in [2.45, 2.75) is 12.5 Å². The van der Waals surface area contributed by atoms with Gasteiger partial charge in [-0.05, 0) is 18.2 Å². The molecule has 2 aromatic rings. The SMILES string of the molecule is COc1ncccc1NC(=O)N[C@H]1CCOc2ccccc21. The predicted molar refractivity (Wildman–Crippen MR) is 82.2 cm³/mol. The van der Waals surface area contributed by atoms with Crippen LogP contribution in [0, 0.1) is 0 Å². The molecule has 1 aromatic carbocycles. The third-order valence-electron chi connectivity index (χ3n) is 3.48. The van der Waals surface area contributed by atoms with Crippen LogP contribution in [0.3, 0.4) is 0 Å². The third kappa shape index (κ3) is 2.95. The van der Waals surface area contributed by atoms with Crippen LogP contribution in [0.25, 0.3) is 0 Å². The van der Waals surface area contributed by atoms with Gasteiger partial charge >= 0.3 is 6.03 Å². The van der Waals surface area contributed by atoms with Gasteiger partial charge in [-0.3, -0.25) is 0 Å². The Labute approximate surface area is 128 Å². The highest BCUT2D eigenvalue weighted by atomic mass is 16.5. The Morgan fingerprint density at radius 3 is 3.05 bits per heavy atom. The van der Waals surface area contributed by atoms with Crippen molar-refractivity contribution in [3.05, 3.63) is 48.2 Å². The van der Waals surface area contributed by atoms with Gasteiger partial charge in [0.15, 0.2) is 0 Å². The lowest BCUT2D eigenvalue weighted by Crippen LogP contribution is -2.35. The standard InChI is InChI=1S/C16H17N3O3/c1-21-15-13(6-4-9-17-15)19-16(20)18-12-8-10-22-14-7-3-2-5-11(12)14/h2-7,9,12H,8,10H2,1H3,(H2,18,19,20)/t12-/m0/s1. The van der Waals surface area contributed by atoms with Crippen LogP contribution in [0.5, 0.6) is 11.6 Å². The lowest BCUT2D eigenvalue weighted by atomic mass is 10.0. The number of nitrogens with one attached hydrogen (secondary N) is 2. The van der Waals surface area contributed by atoms with Crippen molar-refractivity contribution in [2.24, 2.45) is 0 Å². The summed E-state index contributed by atoms with van der Waals surface area (Å²) in [6.45, 7) is 0.582. The summed E-state index contributed by atoms with van der Waals surface area (Å²) in [4.78, 5) is 16.3. The minimum absolute atomic E-state index is 0.0763. The van der Waals surface area contributed by atoms with Crippen molar-refractivity contribution >= 4 is 11.7 Å². The van der Waals surface area contributed by atoms with E-state index in [4.69, 9.17) is 9.47 Å². The van der Waals surface area contributed by atoms with E-state index in [-0.39, 0.29) is 12.1 Å². The molecule has 0 aliphatic carbocycles. The number of urea groups is 1. The summed E-state index contributed by atoms with van der Waals surface area (Å²) in [5.74, 6) is 1.20. The van der Waals surface area contributed by atoms with Crippen molar-refractivity contribution in [2.75, 3.05) is 19.0 Å². The molecule has 6 nitrogen and oxygen atoms in total. The maximum absolute atomic E-state index is 12.2. The number of pyridine rings is 1. The number of ether oxygens (including phenoxy) is 2. The molecular weight excluding hydrogens is 282 g/mol. The summed E-state index contributed by atoms with van der Waals surface area (Å²) in [5.41, 5.74) is 1.52. The first-order valence-corrected chi connectivity index (χ1v) is 7.06. The fourth-order valence-corrected chi connectivity index (χ4v) is 2.46. The molecule has 1 aliphatic heterocycles. The van der Waals surface area contributed by atoms with E-state index in [1.54, 1.807) is 18.3 Å². The summed E-state index contributed by atoms with van der Waals surface area (Å²) in [5, 5.41) is 5.72. The highest BCUT2D eigenvalue weighted by Gasteiger charge is 2.22. The number of para-hydroxylation sites is 1. The fourth-order valence-electron chi connectivity index (χ4n) is 2.46. The highest BCUT2D eigenvalue weighted by molar-refractivity contribution is 5.90. The normalized spacial score (nSPS) is 16.1. The summed E-state index contributed by atoms with van der Waals surface area (Å²) in [6, 6.07) is 10.8. The molecule has 0 unspecified atom stereocenters. The van der Waals surface area contributed by atoms with Gasteiger partial charge in [0, 0.05) is 18.2 Å². The zero-order chi connectivity index (χ0) is 15.4. The Balaban J connectivity index is 1.70. The van der Waals surface area contributed by atoms with Crippen molar-refractivity contribution in [3.8, 4) is 11.6 Å². The van der Waals surface area contributed by atoms with Crippen LogP contribution >= 0.6 is 0 Å². The van der Waals surface area contributed by atoms with Crippen LogP contribution in [0.2, 0.25) is 0 Å². The highest BCUT2D eigenvalue weighted by Crippen LogP contribution is 2.31. The van der Waals surface area contributed by atoms with E-state index < -0.39 is 0 Å². The number of carbonyl (C=O) groups excluding carboxylic acids is 1. The number of hydrogen-bond acceptors (Lipinski definition) is 4. The number of amides is 2. The quantitative estimate of drug-likeness (QED) is 0.914. The first-order valence-electron chi connectivity index (χ1n) is 7.06. The molecule has 0 radical (unpaired) electrons. The number of aromatic nitrogens is 1. The average molecular weight is 299 g/mol. The van der Waals surface area contributed by atoms with Gasteiger partial charge in [-0.25, -0.2) is 9.78 Å². The second kappa shape index (κ2) is 6.34. The molecule has 0 fully saturated rings. The number of fused-ring (bicyclic) bond motifs is 1. The monoisotopic (exact) mass is 299 g/mol. The summed E-state index contributed by atoms with van der Waals surface area (Å²) >= 11 is 0. The van der Waals surface area contributed by atoms with Crippen molar-refractivity contribution in [1.82, 2.24) is 10.3 Å². The Bertz CT molecular complexity index is 675. The molecule has 1 atom stereocenters. The van der Waals surface area contributed by atoms with Crippen molar-refractivity contribution in [3.63, 3.8) is 0 Å². The van der Waals surface area contributed by atoms with E-state index in [0.717, 1.165) is 17.7 Å². The Hall–Kier alpha value is -2.76. The molecule has 2 amide bonds. The maximum Gasteiger partial charge on any atom is 0.319 e. The molecule has 0 spiro atoms. The fraction of sp³-hybridized carbons (Fsp3) is 0.250. The first kappa shape index (κ1) is 14.2. The van der Waals surface area contributed by atoms with E-state index >= 15 is 0 Å². The van der Waals surface area contributed by atoms with E-state index in [2.05, 4.69) is 15.6 Å². The lowest BCUT2D eigenvalue weighted by Gasteiger charge is -2.26. The Morgan fingerprint density at radius 1 is 1.32 bits per heavy atom. The van der Waals surface area contributed by atoms with Crippen LogP contribution in [-0.4, -0.2) is 24.7 Å². The topological polar surface area (TPSA) is 72.5 Å². The minimum atomic E-state index is -0.298. The second-order valence-electron chi connectivity index (χ2n) is 4.89. The molecule has 3 rings (SSSR count). The largest absolute Gasteiger partial charge is 0.493 e.